The Bertz CT molecular complexity index is 1850. The number of pyridine rings is 1. The summed E-state index contributed by atoms with van der Waals surface area (Å²) < 4.78 is 47.7. The monoisotopic (exact) mass is 864 g/mol. The van der Waals surface area contributed by atoms with Crippen molar-refractivity contribution < 1.29 is 17.4 Å². The second kappa shape index (κ2) is 24.3. The summed E-state index contributed by atoms with van der Waals surface area (Å²) in [5.41, 5.74) is 1.40. The maximum atomic E-state index is 14.5. The summed E-state index contributed by atoms with van der Waals surface area (Å²) in [5, 5.41) is 0.744. The molecule has 3 aliphatic heterocycles. The molecule has 0 aliphatic carbocycles. The van der Waals surface area contributed by atoms with Gasteiger partial charge in [0.25, 0.3) is 0 Å². The molecule has 1 aromatic heterocycles. The minimum atomic E-state index is -3.92. The molecular weight excluding hydrogens is 787 g/mol. The van der Waals surface area contributed by atoms with Crippen LogP contribution in [0.3, 0.4) is 0 Å². The van der Waals surface area contributed by atoms with E-state index in [1.54, 1.807) is 30.5 Å². The number of hydrogen-bond donors (Lipinski definition) is 0. The van der Waals surface area contributed by atoms with Gasteiger partial charge in [-0.3, -0.25) is 14.1 Å². The molecule has 4 heterocycles. The van der Waals surface area contributed by atoms with Crippen LogP contribution in [-0.2, 0) is 20.6 Å². The van der Waals surface area contributed by atoms with Crippen molar-refractivity contribution in [2.75, 3.05) is 77.2 Å². The van der Waals surface area contributed by atoms with Crippen molar-refractivity contribution in [2.24, 2.45) is 0 Å². The Kier molecular flexibility index (Phi) is 19.0. The molecule has 6 rings (SSSR count). The lowest BCUT2D eigenvalue weighted by Crippen LogP contribution is -2.54. The molecule has 3 aromatic rings. The number of ether oxygens (including phenoxy) is 1. The van der Waals surface area contributed by atoms with E-state index in [1.165, 1.54) is 122 Å². The van der Waals surface area contributed by atoms with Crippen molar-refractivity contribution in [1.29, 1.82) is 0 Å². The molecule has 60 heavy (non-hydrogen) atoms. The zero-order chi connectivity index (χ0) is 42.2. The lowest BCUT2D eigenvalue weighted by atomic mass is 9.96. The van der Waals surface area contributed by atoms with E-state index < -0.39 is 20.6 Å². The van der Waals surface area contributed by atoms with Crippen LogP contribution in [0.1, 0.15) is 135 Å². The molecule has 334 valence electrons. The number of likely N-dealkylation sites (N-methyl/N-ethyl adjacent to an activating group) is 1. The zero-order valence-corrected chi connectivity index (χ0v) is 39.1. The first-order valence-electron chi connectivity index (χ1n) is 23.9. The molecule has 0 N–H and O–H groups in total. The van der Waals surface area contributed by atoms with Crippen LogP contribution in [0.25, 0.3) is 10.9 Å². The predicted octanol–water partition coefficient (Wildman–Crippen LogP) is 10.1. The van der Waals surface area contributed by atoms with Crippen molar-refractivity contribution in [2.45, 2.75) is 162 Å². The van der Waals surface area contributed by atoms with E-state index in [2.05, 4.69) is 38.6 Å². The number of hydrogen-bond acceptors (Lipinski definition) is 9. The van der Waals surface area contributed by atoms with E-state index >= 15 is 0 Å². The van der Waals surface area contributed by atoms with E-state index in [1.807, 2.05) is 18.2 Å². The molecule has 3 fully saturated rings. The summed E-state index contributed by atoms with van der Waals surface area (Å²) in [7, 11) is -2.91. The Morgan fingerprint density at radius 3 is 1.73 bits per heavy atom. The van der Waals surface area contributed by atoms with Gasteiger partial charge in [0.15, 0.2) is 0 Å². The first-order chi connectivity index (χ1) is 29.2. The van der Waals surface area contributed by atoms with Crippen LogP contribution < -0.4 is 9.64 Å². The highest BCUT2D eigenvalue weighted by atomic mass is 32.2. The van der Waals surface area contributed by atoms with E-state index in [4.69, 9.17) is 4.74 Å². The number of likely N-dealkylation sites (tertiary alicyclic amines) is 1. The standard InChI is InChI=1S/C49H77N5O4S2/c1-4-5-6-7-8-9-10-11-12-13-14-15-16-17-18-19-38-58-43-20-23-45(24-21-43)60(56,57)48-40-50-47-25-22-44(59(3)55)39-46(47)49(48)54-32-28-41(29-33-54)52-30-26-42(27-31-52)53-36-34-51(2)35-37-53/h20-25,39-42H,4-19,26-38H2,1-3H3/t59-/m1/s1. The molecule has 0 amide bonds. The summed E-state index contributed by atoms with van der Waals surface area (Å²) in [6.45, 7) is 11.4. The fourth-order valence-electron chi connectivity index (χ4n) is 9.78. The van der Waals surface area contributed by atoms with Crippen molar-refractivity contribution in [3.05, 3.63) is 48.7 Å². The first-order valence-corrected chi connectivity index (χ1v) is 26.9. The van der Waals surface area contributed by atoms with Gasteiger partial charge in [-0.15, -0.1) is 0 Å². The summed E-state index contributed by atoms with van der Waals surface area (Å²) >= 11 is 0. The SMILES string of the molecule is CCCCCCCCCCCCCCCCCCOc1ccc(S(=O)(=O)c2cnc3ccc([S@@](C)=O)cc3c2N2CCC(N3CCC(N4CCN(C)CC4)CC3)CC2)cc1. The fourth-order valence-corrected chi connectivity index (χ4v) is 11.8. The molecule has 0 unspecified atom stereocenters. The number of benzene rings is 2. The van der Waals surface area contributed by atoms with Crippen molar-refractivity contribution in [3.8, 4) is 5.75 Å². The summed E-state index contributed by atoms with van der Waals surface area (Å²) in [6, 6.07) is 13.7. The van der Waals surface area contributed by atoms with Gasteiger partial charge in [-0.1, -0.05) is 103 Å². The van der Waals surface area contributed by atoms with Crippen LogP contribution in [0.5, 0.6) is 5.75 Å². The third-order valence-electron chi connectivity index (χ3n) is 13.6. The average Bonchev–Trinajstić information content (AvgIpc) is 3.27. The Morgan fingerprint density at radius 2 is 1.18 bits per heavy atom. The van der Waals surface area contributed by atoms with E-state index in [0.717, 1.165) is 70.3 Å². The highest BCUT2D eigenvalue weighted by molar-refractivity contribution is 7.91. The van der Waals surface area contributed by atoms with Crippen LogP contribution >= 0.6 is 0 Å². The Balaban J connectivity index is 0.982. The quantitative estimate of drug-likeness (QED) is 0.0818. The molecular formula is C49H77N5O4S2. The largest absolute Gasteiger partial charge is 0.494 e. The number of nitrogens with zero attached hydrogens (tertiary/aromatic N) is 5. The normalized spacial score (nSPS) is 18.7. The number of piperazine rings is 1. The Morgan fingerprint density at radius 1 is 0.667 bits per heavy atom. The number of rotatable bonds is 24. The number of sulfone groups is 1. The minimum Gasteiger partial charge on any atom is -0.494 e. The molecule has 11 heteroatoms. The van der Waals surface area contributed by atoms with Gasteiger partial charge in [-0.2, -0.15) is 0 Å². The maximum Gasteiger partial charge on any atom is 0.210 e. The Labute approximate surface area is 366 Å². The van der Waals surface area contributed by atoms with Gasteiger partial charge in [0.1, 0.15) is 10.6 Å². The minimum absolute atomic E-state index is 0.210. The highest BCUT2D eigenvalue weighted by Crippen LogP contribution is 2.39. The van der Waals surface area contributed by atoms with Gasteiger partial charge in [-0.25, -0.2) is 8.42 Å². The van der Waals surface area contributed by atoms with Crippen molar-refractivity contribution in [1.82, 2.24) is 19.7 Å². The van der Waals surface area contributed by atoms with Gasteiger partial charge in [-0.05, 0) is 94.7 Å². The summed E-state index contributed by atoms with van der Waals surface area (Å²) in [5.74, 6) is 0.691. The molecule has 1 atom stereocenters. The van der Waals surface area contributed by atoms with Crippen molar-refractivity contribution in [3.63, 3.8) is 0 Å². The van der Waals surface area contributed by atoms with Crippen LogP contribution in [0.2, 0.25) is 0 Å². The maximum absolute atomic E-state index is 14.5. The second-order valence-corrected chi connectivity index (χ2v) is 21.4. The fraction of sp³-hybridized carbons (Fsp3) is 0.694. The molecule has 3 aliphatic rings. The lowest BCUT2D eigenvalue weighted by molar-refractivity contribution is 0.0495. The third kappa shape index (κ3) is 13.5. The number of piperidine rings is 2. The van der Waals surface area contributed by atoms with E-state index in [9.17, 15) is 12.6 Å². The van der Waals surface area contributed by atoms with Gasteiger partial charge in [0.2, 0.25) is 9.84 Å². The van der Waals surface area contributed by atoms with Gasteiger partial charge < -0.3 is 19.4 Å². The summed E-state index contributed by atoms with van der Waals surface area (Å²) in [4.78, 5) is 15.8. The third-order valence-corrected chi connectivity index (χ3v) is 16.3. The van der Waals surface area contributed by atoms with Crippen LogP contribution in [-0.4, -0.2) is 117 Å². The van der Waals surface area contributed by atoms with Crippen LogP contribution in [0.4, 0.5) is 5.69 Å². The van der Waals surface area contributed by atoms with Gasteiger partial charge in [0, 0.05) is 84.9 Å². The van der Waals surface area contributed by atoms with Crippen molar-refractivity contribution >= 4 is 37.2 Å². The number of unbranched alkanes of at least 4 members (excludes halogenated alkanes) is 15. The van der Waals surface area contributed by atoms with Gasteiger partial charge in [0.05, 0.1) is 22.7 Å². The van der Waals surface area contributed by atoms with Crippen LogP contribution in [0, 0.1) is 0 Å². The second-order valence-electron chi connectivity index (χ2n) is 18.1. The molecule has 2 aromatic carbocycles. The average molecular weight is 864 g/mol. The Hall–Kier alpha value is -2.57. The molecule has 9 nitrogen and oxygen atoms in total. The van der Waals surface area contributed by atoms with Crippen LogP contribution in [0.15, 0.2) is 63.3 Å². The molecule has 0 saturated carbocycles. The molecule has 0 spiro atoms. The zero-order valence-electron chi connectivity index (χ0n) is 37.5. The topological polar surface area (TPSA) is 86.3 Å². The van der Waals surface area contributed by atoms with E-state index in [0.29, 0.717) is 40.5 Å². The number of aromatic nitrogens is 1. The molecule has 0 bridgehead atoms. The highest BCUT2D eigenvalue weighted by Gasteiger charge is 2.34. The molecule has 0 radical (unpaired) electrons. The smallest absolute Gasteiger partial charge is 0.210 e. The summed E-state index contributed by atoms with van der Waals surface area (Å²) in [6.07, 6.45) is 29.0. The lowest BCUT2D eigenvalue weighted by Gasteiger charge is -2.46. The number of fused-ring (bicyclic) bond motifs is 1. The van der Waals surface area contributed by atoms with Gasteiger partial charge >= 0.3 is 0 Å². The number of anilines is 1. The van der Waals surface area contributed by atoms with E-state index in [-0.39, 0.29) is 9.79 Å². The first kappa shape index (κ1) is 46.9. The molecule has 3 saturated heterocycles. The predicted molar refractivity (Wildman–Crippen MR) is 250 cm³/mol.